The van der Waals surface area contributed by atoms with E-state index in [1.165, 1.54) is 19.5 Å². The maximum Gasteiger partial charge on any atom is 0.154 e. The first-order chi connectivity index (χ1) is 5.81. The van der Waals surface area contributed by atoms with Crippen LogP contribution in [0.15, 0.2) is 0 Å². The molecule has 3 nitrogen and oxygen atoms in total. The van der Waals surface area contributed by atoms with Crippen LogP contribution in [0.25, 0.3) is 0 Å². The second kappa shape index (κ2) is 8.97. The van der Waals surface area contributed by atoms with Gasteiger partial charge < -0.3 is 14.8 Å². The molecule has 12 heavy (non-hydrogen) atoms. The van der Waals surface area contributed by atoms with E-state index in [9.17, 15) is 0 Å². The average molecular weight is 175 g/mol. The normalized spacial score (nSPS) is 15.0. The van der Waals surface area contributed by atoms with Crippen LogP contribution in [0.4, 0.5) is 0 Å². The summed E-state index contributed by atoms with van der Waals surface area (Å²) in [7, 11) is 0. The number of nitrogens with one attached hydrogen (secondary N) is 1. The molecule has 0 unspecified atom stereocenters. The largest absolute Gasteiger partial charge is 0.353 e. The second-order valence-electron chi connectivity index (χ2n) is 2.58. The van der Waals surface area contributed by atoms with Gasteiger partial charge in [-0.1, -0.05) is 0 Å². The topological polar surface area (TPSA) is 30.5 Å². The highest BCUT2D eigenvalue weighted by molar-refractivity contribution is 4.56. The Labute approximate surface area is 75.4 Å². The van der Waals surface area contributed by atoms with Crippen LogP contribution >= 0.6 is 0 Å². The molecule has 1 saturated heterocycles. The van der Waals surface area contributed by atoms with E-state index in [0.29, 0.717) is 0 Å². The second-order valence-corrected chi connectivity index (χ2v) is 2.58. The third kappa shape index (κ3) is 7.98. The fourth-order valence-electron chi connectivity index (χ4n) is 0.694. The molecule has 0 aromatic carbocycles. The minimum Gasteiger partial charge on any atom is -0.353 e. The van der Waals surface area contributed by atoms with Gasteiger partial charge >= 0.3 is 0 Å². The SMILES string of the molecule is C1CNC1.CCOC(C)OCC. The van der Waals surface area contributed by atoms with Crippen LogP contribution in [0.5, 0.6) is 0 Å². The highest BCUT2D eigenvalue weighted by Crippen LogP contribution is 1.90. The smallest absolute Gasteiger partial charge is 0.154 e. The fourth-order valence-corrected chi connectivity index (χ4v) is 0.694. The number of hydrogen-bond acceptors (Lipinski definition) is 3. The quantitative estimate of drug-likeness (QED) is 0.655. The molecule has 0 aromatic rings. The molecule has 0 atom stereocenters. The zero-order valence-electron chi connectivity index (χ0n) is 8.43. The third-order valence-corrected chi connectivity index (χ3v) is 1.51. The van der Waals surface area contributed by atoms with Gasteiger partial charge in [-0.25, -0.2) is 0 Å². The van der Waals surface area contributed by atoms with Gasteiger partial charge in [-0.05, 0) is 40.3 Å². The Balaban J connectivity index is 0.000000247. The molecular formula is C9H21NO2. The van der Waals surface area contributed by atoms with Gasteiger partial charge in [-0.3, -0.25) is 0 Å². The lowest BCUT2D eigenvalue weighted by Gasteiger charge is -2.09. The zero-order chi connectivity index (χ0) is 9.23. The van der Waals surface area contributed by atoms with Crippen LogP contribution < -0.4 is 5.32 Å². The molecule has 0 bridgehead atoms. The van der Waals surface area contributed by atoms with E-state index in [0.717, 1.165) is 13.2 Å². The van der Waals surface area contributed by atoms with E-state index in [1.807, 2.05) is 20.8 Å². The van der Waals surface area contributed by atoms with E-state index in [4.69, 9.17) is 9.47 Å². The molecule has 0 radical (unpaired) electrons. The summed E-state index contributed by atoms with van der Waals surface area (Å²) in [6.45, 7) is 9.75. The standard InChI is InChI=1S/C6H14O2.C3H7N/c1-4-7-6(3)8-5-2;1-2-4-3-1/h6H,4-5H2,1-3H3;4H,1-3H2. The summed E-state index contributed by atoms with van der Waals surface area (Å²) in [4.78, 5) is 0. The van der Waals surface area contributed by atoms with Crippen molar-refractivity contribution in [3.8, 4) is 0 Å². The predicted molar refractivity (Wildman–Crippen MR) is 50.2 cm³/mol. The van der Waals surface area contributed by atoms with Crippen LogP contribution in [-0.4, -0.2) is 32.6 Å². The molecular weight excluding hydrogens is 154 g/mol. The first-order valence-electron chi connectivity index (χ1n) is 4.75. The van der Waals surface area contributed by atoms with Crippen LogP contribution in [0.2, 0.25) is 0 Å². The highest BCUT2D eigenvalue weighted by Gasteiger charge is 1.94. The summed E-state index contributed by atoms with van der Waals surface area (Å²) in [6.07, 6.45) is 1.35. The van der Waals surface area contributed by atoms with E-state index < -0.39 is 0 Å². The molecule has 0 amide bonds. The number of hydrogen-bond donors (Lipinski definition) is 1. The van der Waals surface area contributed by atoms with Gasteiger partial charge in [0.15, 0.2) is 6.29 Å². The Morgan fingerprint density at radius 1 is 1.17 bits per heavy atom. The van der Waals surface area contributed by atoms with Crippen molar-refractivity contribution in [1.29, 1.82) is 0 Å². The Bertz CT molecular complexity index is 74.6. The van der Waals surface area contributed by atoms with Crippen molar-refractivity contribution in [2.24, 2.45) is 0 Å². The van der Waals surface area contributed by atoms with Crippen molar-refractivity contribution in [3.63, 3.8) is 0 Å². The third-order valence-electron chi connectivity index (χ3n) is 1.51. The Hall–Kier alpha value is -0.120. The molecule has 1 aliphatic rings. The first-order valence-corrected chi connectivity index (χ1v) is 4.75. The van der Waals surface area contributed by atoms with Gasteiger partial charge in [0.2, 0.25) is 0 Å². The molecule has 1 N–H and O–H groups in total. The van der Waals surface area contributed by atoms with Crippen molar-refractivity contribution in [2.75, 3.05) is 26.3 Å². The number of rotatable bonds is 4. The van der Waals surface area contributed by atoms with Gasteiger partial charge in [0.25, 0.3) is 0 Å². The molecule has 0 aromatic heterocycles. The van der Waals surface area contributed by atoms with Crippen molar-refractivity contribution in [2.45, 2.75) is 33.5 Å². The molecule has 1 aliphatic heterocycles. The Kier molecular flexibility index (Phi) is 8.88. The van der Waals surface area contributed by atoms with E-state index in [2.05, 4.69) is 5.32 Å². The predicted octanol–water partition coefficient (Wildman–Crippen LogP) is 1.39. The lowest BCUT2D eigenvalue weighted by Crippen LogP contribution is -2.29. The summed E-state index contributed by atoms with van der Waals surface area (Å²) in [5, 5.41) is 3.11. The van der Waals surface area contributed by atoms with Crippen molar-refractivity contribution in [3.05, 3.63) is 0 Å². The maximum absolute atomic E-state index is 5.06. The average Bonchev–Trinajstić information content (AvgIpc) is 1.84. The fraction of sp³-hybridized carbons (Fsp3) is 1.00. The van der Waals surface area contributed by atoms with Crippen LogP contribution in [0.3, 0.4) is 0 Å². The van der Waals surface area contributed by atoms with Crippen molar-refractivity contribution in [1.82, 2.24) is 5.32 Å². The molecule has 0 saturated carbocycles. The minimum atomic E-state index is -0.0370. The van der Waals surface area contributed by atoms with Gasteiger partial charge in [0, 0.05) is 13.2 Å². The molecule has 0 aliphatic carbocycles. The Morgan fingerprint density at radius 2 is 1.50 bits per heavy atom. The van der Waals surface area contributed by atoms with Crippen LogP contribution in [-0.2, 0) is 9.47 Å². The zero-order valence-corrected chi connectivity index (χ0v) is 8.43. The van der Waals surface area contributed by atoms with Gasteiger partial charge in [-0.2, -0.15) is 0 Å². The van der Waals surface area contributed by atoms with Crippen LogP contribution in [0, 0.1) is 0 Å². The molecule has 1 rings (SSSR count). The molecule has 3 heteroatoms. The van der Waals surface area contributed by atoms with Gasteiger partial charge in [-0.15, -0.1) is 0 Å². The van der Waals surface area contributed by atoms with Crippen molar-refractivity contribution < 1.29 is 9.47 Å². The Morgan fingerprint density at radius 3 is 1.67 bits per heavy atom. The van der Waals surface area contributed by atoms with E-state index in [1.54, 1.807) is 0 Å². The summed E-state index contributed by atoms with van der Waals surface area (Å²) in [6, 6.07) is 0. The molecule has 74 valence electrons. The summed E-state index contributed by atoms with van der Waals surface area (Å²) in [5.74, 6) is 0. The summed E-state index contributed by atoms with van der Waals surface area (Å²) >= 11 is 0. The van der Waals surface area contributed by atoms with Crippen LogP contribution in [0.1, 0.15) is 27.2 Å². The molecule has 1 heterocycles. The van der Waals surface area contributed by atoms with Gasteiger partial charge in [0.1, 0.15) is 0 Å². The minimum absolute atomic E-state index is 0.0370. The van der Waals surface area contributed by atoms with E-state index in [-0.39, 0.29) is 6.29 Å². The summed E-state index contributed by atoms with van der Waals surface area (Å²) in [5.41, 5.74) is 0. The molecule has 0 spiro atoms. The van der Waals surface area contributed by atoms with Gasteiger partial charge in [0.05, 0.1) is 0 Å². The summed E-state index contributed by atoms with van der Waals surface area (Å²) < 4.78 is 10.1. The lowest BCUT2D eigenvalue weighted by atomic mass is 10.3. The monoisotopic (exact) mass is 175 g/mol. The first kappa shape index (κ1) is 11.9. The van der Waals surface area contributed by atoms with E-state index >= 15 is 0 Å². The highest BCUT2D eigenvalue weighted by atomic mass is 16.7. The van der Waals surface area contributed by atoms with Crippen molar-refractivity contribution >= 4 is 0 Å². The lowest BCUT2D eigenvalue weighted by molar-refractivity contribution is -0.123. The molecule has 1 fully saturated rings. The maximum atomic E-state index is 5.06. The number of ether oxygens (including phenoxy) is 2.